The van der Waals surface area contributed by atoms with E-state index < -0.39 is 0 Å². The number of aliphatic hydroxyl groups is 1. The number of hydrogen-bond donors (Lipinski definition) is 2. The number of pyridine rings is 1. The summed E-state index contributed by atoms with van der Waals surface area (Å²) in [7, 11) is 0. The molecule has 1 heterocycles. The highest BCUT2D eigenvalue weighted by Crippen LogP contribution is 2.09. The van der Waals surface area contributed by atoms with Gasteiger partial charge in [0.25, 0.3) is 0 Å². The van der Waals surface area contributed by atoms with E-state index in [1.165, 1.54) is 5.56 Å². The molecule has 2 N–H and O–H groups in total. The van der Waals surface area contributed by atoms with Crippen LogP contribution in [0.5, 0.6) is 0 Å². The minimum atomic E-state index is -0.302. The van der Waals surface area contributed by atoms with E-state index in [9.17, 15) is 0 Å². The molecule has 1 aromatic heterocycles. The molecule has 72 valence electrons. The van der Waals surface area contributed by atoms with Gasteiger partial charge in [0.2, 0.25) is 0 Å². The summed E-state index contributed by atoms with van der Waals surface area (Å²) in [6, 6.07) is 4.21. The van der Waals surface area contributed by atoms with Gasteiger partial charge >= 0.3 is 0 Å². The fourth-order valence-electron chi connectivity index (χ4n) is 1.12. The van der Waals surface area contributed by atoms with Crippen molar-refractivity contribution in [2.45, 2.75) is 26.0 Å². The summed E-state index contributed by atoms with van der Waals surface area (Å²) in [6.45, 7) is 4.45. The molecule has 0 aliphatic carbocycles. The van der Waals surface area contributed by atoms with Crippen molar-refractivity contribution in [2.75, 3.05) is 6.54 Å². The lowest BCUT2D eigenvalue weighted by atomic mass is 10.1. The lowest BCUT2D eigenvalue weighted by Crippen LogP contribution is -2.27. The normalized spacial score (nSPS) is 15.3. The van der Waals surface area contributed by atoms with Gasteiger partial charge in [0.15, 0.2) is 0 Å². The van der Waals surface area contributed by atoms with Crippen LogP contribution in [-0.2, 0) is 0 Å². The first kappa shape index (κ1) is 10.2. The van der Waals surface area contributed by atoms with E-state index in [-0.39, 0.29) is 12.1 Å². The van der Waals surface area contributed by atoms with Gasteiger partial charge in [0, 0.05) is 25.0 Å². The van der Waals surface area contributed by atoms with Crippen molar-refractivity contribution >= 4 is 0 Å². The molecule has 0 aliphatic heterocycles. The second-order valence-corrected chi connectivity index (χ2v) is 3.26. The Morgan fingerprint density at radius 2 is 2.00 bits per heavy atom. The Labute approximate surface area is 78.8 Å². The fourth-order valence-corrected chi connectivity index (χ4v) is 1.12. The van der Waals surface area contributed by atoms with Crippen molar-refractivity contribution in [3.8, 4) is 0 Å². The monoisotopic (exact) mass is 180 g/mol. The molecule has 0 saturated carbocycles. The molecule has 2 unspecified atom stereocenters. The van der Waals surface area contributed by atoms with E-state index in [0.29, 0.717) is 6.54 Å². The topological polar surface area (TPSA) is 45.1 Å². The summed E-state index contributed by atoms with van der Waals surface area (Å²) in [5, 5.41) is 12.3. The highest BCUT2D eigenvalue weighted by molar-refractivity contribution is 5.13. The Bertz CT molecular complexity index is 236. The molecule has 0 amide bonds. The van der Waals surface area contributed by atoms with Gasteiger partial charge in [-0.1, -0.05) is 0 Å². The van der Waals surface area contributed by atoms with Crippen LogP contribution in [0.3, 0.4) is 0 Å². The summed E-state index contributed by atoms with van der Waals surface area (Å²) in [5.41, 5.74) is 1.19. The smallest absolute Gasteiger partial charge is 0.0636 e. The van der Waals surface area contributed by atoms with Gasteiger partial charge in [-0.05, 0) is 31.5 Å². The van der Waals surface area contributed by atoms with Crippen LogP contribution in [0.2, 0.25) is 0 Å². The predicted octanol–water partition coefficient (Wildman–Crippen LogP) is 1.11. The zero-order valence-electron chi connectivity index (χ0n) is 8.07. The summed E-state index contributed by atoms with van der Waals surface area (Å²) in [5.74, 6) is 0. The van der Waals surface area contributed by atoms with Crippen molar-refractivity contribution in [3.05, 3.63) is 30.1 Å². The molecule has 0 bridgehead atoms. The Hall–Kier alpha value is -0.930. The zero-order valence-corrected chi connectivity index (χ0v) is 8.07. The van der Waals surface area contributed by atoms with E-state index in [2.05, 4.69) is 17.2 Å². The minimum Gasteiger partial charge on any atom is -0.392 e. The standard InChI is InChI=1S/C10H16N2O/c1-8(13)7-12-9(2)10-3-5-11-6-4-10/h3-6,8-9,12-13H,7H2,1-2H3. The van der Waals surface area contributed by atoms with Crippen LogP contribution in [0.4, 0.5) is 0 Å². The third kappa shape index (κ3) is 3.53. The molecule has 0 aromatic carbocycles. The van der Waals surface area contributed by atoms with Crippen molar-refractivity contribution < 1.29 is 5.11 Å². The average Bonchev–Trinajstić information content (AvgIpc) is 2.15. The highest BCUT2D eigenvalue weighted by Gasteiger charge is 2.04. The average molecular weight is 180 g/mol. The summed E-state index contributed by atoms with van der Waals surface area (Å²) in [6.07, 6.45) is 3.25. The summed E-state index contributed by atoms with van der Waals surface area (Å²) >= 11 is 0. The third-order valence-electron chi connectivity index (χ3n) is 1.93. The van der Waals surface area contributed by atoms with Gasteiger partial charge in [-0.25, -0.2) is 0 Å². The van der Waals surface area contributed by atoms with Crippen LogP contribution in [0.15, 0.2) is 24.5 Å². The van der Waals surface area contributed by atoms with Crippen LogP contribution in [-0.4, -0.2) is 22.7 Å². The quantitative estimate of drug-likeness (QED) is 0.729. The number of nitrogens with one attached hydrogen (secondary N) is 1. The second kappa shape index (κ2) is 4.94. The first-order valence-electron chi connectivity index (χ1n) is 4.51. The molecular weight excluding hydrogens is 164 g/mol. The maximum absolute atomic E-state index is 9.07. The third-order valence-corrected chi connectivity index (χ3v) is 1.93. The molecule has 1 aromatic rings. The number of aliphatic hydroxyl groups excluding tert-OH is 1. The van der Waals surface area contributed by atoms with E-state index >= 15 is 0 Å². The highest BCUT2D eigenvalue weighted by atomic mass is 16.3. The molecule has 1 rings (SSSR count). The molecule has 0 radical (unpaired) electrons. The van der Waals surface area contributed by atoms with E-state index in [4.69, 9.17) is 5.11 Å². The maximum atomic E-state index is 9.07. The van der Waals surface area contributed by atoms with Gasteiger partial charge in [-0.3, -0.25) is 4.98 Å². The molecule has 0 fully saturated rings. The van der Waals surface area contributed by atoms with Crippen molar-refractivity contribution in [1.29, 1.82) is 0 Å². The maximum Gasteiger partial charge on any atom is 0.0636 e. The van der Waals surface area contributed by atoms with Crippen LogP contribution in [0.25, 0.3) is 0 Å². The number of hydrogen-bond acceptors (Lipinski definition) is 3. The molecule has 0 spiro atoms. The lowest BCUT2D eigenvalue weighted by Gasteiger charge is -2.14. The van der Waals surface area contributed by atoms with Crippen LogP contribution in [0, 0.1) is 0 Å². The van der Waals surface area contributed by atoms with E-state index in [1.54, 1.807) is 19.3 Å². The van der Waals surface area contributed by atoms with E-state index in [0.717, 1.165) is 0 Å². The molecular formula is C10H16N2O. The van der Waals surface area contributed by atoms with Crippen molar-refractivity contribution in [1.82, 2.24) is 10.3 Å². The first-order valence-corrected chi connectivity index (χ1v) is 4.51. The van der Waals surface area contributed by atoms with E-state index in [1.807, 2.05) is 12.1 Å². The molecule has 13 heavy (non-hydrogen) atoms. The van der Waals surface area contributed by atoms with Crippen molar-refractivity contribution in [2.24, 2.45) is 0 Å². The van der Waals surface area contributed by atoms with Crippen LogP contribution >= 0.6 is 0 Å². The van der Waals surface area contributed by atoms with Crippen LogP contribution < -0.4 is 5.32 Å². The van der Waals surface area contributed by atoms with Gasteiger partial charge in [-0.15, -0.1) is 0 Å². The van der Waals surface area contributed by atoms with Crippen molar-refractivity contribution in [3.63, 3.8) is 0 Å². The molecule has 3 heteroatoms. The largest absolute Gasteiger partial charge is 0.392 e. The first-order chi connectivity index (χ1) is 6.20. The molecule has 2 atom stereocenters. The number of nitrogens with zero attached hydrogens (tertiary/aromatic N) is 1. The molecule has 3 nitrogen and oxygen atoms in total. The lowest BCUT2D eigenvalue weighted by molar-refractivity contribution is 0.187. The summed E-state index contributed by atoms with van der Waals surface area (Å²) in [4.78, 5) is 3.95. The van der Waals surface area contributed by atoms with Gasteiger partial charge in [0.1, 0.15) is 0 Å². The van der Waals surface area contributed by atoms with Gasteiger partial charge in [0.05, 0.1) is 6.10 Å². The Balaban J connectivity index is 2.44. The number of rotatable bonds is 4. The second-order valence-electron chi connectivity index (χ2n) is 3.26. The Morgan fingerprint density at radius 1 is 1.38 bits per heavy atom. The Kier molecular flexibility index (Phi) is 3.86. The predicted molar refractivity (Wildman–Crippen MR) is 52.3 cm³/mol. The minimum absolute atomic E-state index is 0.262. The Morgan fingerprint density at radius 3 is 2.54 bits per heavy atom. The summed E-state index contributed by atoms with van der Waals surface area (Å²) < 4.78 is 0. The zero-order chi connectivity index (χ0) is 9.68. The van der Waals surface area contributed by atoms with Gasteiger partial charge < -0.3 is 10.4 Å². The molecule has 0 aliphatic rings. The van der Waals surface area contributed by atoms with Gasteiger partial charge in [-0.2, -0.15) is 0 Å². The molecule has 0 saturated heterocycles. The van der Waals surface area contributed by atoms with Crippen LogP contribution in [0.1, 0.15) is 25.5 Å². The number of aromatic nitrogens is 1. The SMILES string of the molecule is CC(O)CNC(C)c1ccncc1. The fraction of sp³-hybridized carbons (Fsp3) is 0.500.